The molecule has 1 heteroatoms. The third-order valence-electron chi connectivity index (χ3n) is 3.31. The molecule has 2 atom stereocenters. The fraction of sp³-hybridized carbons (Fsp3) is 0.167. The van der Waals surface area contributed by atoms with Gasteiger partial charge in [0.2, 0.25) is 0 Å². The Labute approximate surface area is 114 Å². The molecule has 2 rings (SSSR count). The maximum absolute atomic E-state index is 12.4. The van der Waals surface area contributed by atoms with E-state index in [0.717, 1.165) is 5.56 Å². The number of hydrogen-bond acceptors (Lipinski definition) is 1. The first-order chi connectivity index (χ1) is 9.24. The minimum absolute atomic E-state index is 0.0902. The second-order valence-corrected chi connectivity index (χ2v) is 4.57. The Hall–Kier alpha value is -2.33. The van der Waals surface area contributed by atoms with Crippen LogP contribution in [0.15, 0.2) is 60.7 Å². The van der Waals surface area contributed by atoms with Crippen LogP contribution in [-0.4, -0.2) is 5.78 Å². The molecule has 0 bridgehead atoms. The van der Waals surface area contributed by atoms with Gasteiger partial charge in [0.05, 0.1) is 5.92 Å². The van der Waals surface area contributed by atoms with Crippen molar-refractivity contribution in [1.82, 2.24) is 0 Å². The summed E-state index contributed by atoms with van der Waals surface area (Å²) in [6.07, 6.45) is 5.62. The Morgan fingerprint density at radius 1 is 1.00 bits per heavy atom. The molecule has 2 aromatic rings. The van der Waals surface area contributed by atoms with Crippen molar-refractivity contribution >= 4 is 5.78 Å². The molecule has 19 heavy (non-hydrogen) atoms. The van der Waals surface area contributed by atoms with E-state index in [4.69, 9.17) is 6.42 Å². The number of terminal acetylenes is 1. The van der Waals surface area contributed by atoms with Crippen LogP contribution < -0.4 is 0 Å². The standard InChI is InChI=1S/C18H16O/c1-3-17(15-10-6-4-7-11-15)14(2)18(19)16-12-8-5-9-13-16/h1,4-14,17H,2H3/t14-,17+/m0/s1. The third-order valence-corrected chi connectivity index (χ3v) is 3.31. The molecule has 0 N–H and O–H groups in total. The molecule has 0 saturated carbocycles. The molecule has 0 spiro atoms. The van der Waals surface area contributed by atoms with E-state index in [2.05, 4.69) is 5.92 Å². The van der Waals surface area contributed by atoms with Gasteiger partial charge in [-0.25, -0.2) is 0 Å². The quantitative estimate of drug-likeness (QED) is 0.592. The van der Waals surface area contributed by atoms with E-state index in [0.29, 0.717) is 5.56 Å². The highest BCUT2D eigenvalue weighted by Gasteiger charge is 2.24. The Bertz CT molecular complexity index is 578. The summed E-state index contributed by atoms with van der Waals surface area (Å²) in [4.78, 5) is 12.4. The van der Waals surface area contributed by atoms with Crippen LogP contribution in [0, 0.1) is 18.3 Å². The number of carbonyl (C=O) groups is 1. The van der Waals surface area contributed by atoms with Crippen molar-refractivity contribution in [2.45, 2.75) is 12.8 Å². The smallest absolute Gasteiger partial charge is 0.167 e. The van der Waals surface area contributed by atoms with E-state index in [9.17, 15) is 4.79 Å². The van der Waals surface area contributed by atoms with Crippen LogP contribution in [0.4, 0.5) is 0 Å². The fourth-order valence-electron chi connectivity index (χ4n) is 2.21. The minimum atomic E-state index is -0.227. The highest BCUT2D eigenvalue weighted by Crippen LogP contribution is 2.26. The first-order valence-corrected chi connectivity index (χ1v) is 6.34. The molecule has 0 fully saturated rings. The van der Waals surface area contributed by atoms with Gasteiger partial charge < -0.3 is 0 Å². The van der Waals surface area contributed by atoms with Crippen molar-refractivity contribution in [3.8, 4) is 12.3 Å². The van der Waals surface area contributed by atoms with Gasteiger partial charge in [0, 0.05) is 11.5 Å². The number of Topliss-reactive ketones (excluding diaryl/α,β-unsaturated/α-hetero) is 1. The molecule has 0 unspecified atom stereocenters. The Morgan fingerprint density at radius 3 is 2.05 bits per heavy atom. The lowest BCUT2D eigenvalue weighted by atomic mass is 9.83. The van der Waals surface area contributed by atoms with Crippen molar-refractivity contribution in [2.75, 3.05) is 0 Å². The van der Waals surface area contributed by atoms with E-state index in [1.54, 1.807) is 0 Å². The van der Waals surface area contributed by atoms with Crippen molar-refractivity contribution in [2.24, 2.45) is 5.92 Å². The molecule has 0 aromatic heterocycles. The molecule has 0 amide bonds. The van der Waals surface area contributed by atoms with Gasteiger partial charge in [0.25, 0.3) is 0 Å². The largest absolute Gasteiger partial charge is 0.294 e. The number of hydrogen-bond donors (Lipinski definition) is 0. The van der Waals surface area contributed by atoms with E-state index in [1.165, 1.54) is 0 Å². The van der Waals surface area contributed by atoms with Gasteiger partial charge in [-0.15, -0.1) is 6.42 Å². The Kier molecular flexibility index (Phi) is 4.15. The summed E-state index contributed by atoms with van der Waals surface area (Å²) in [7, 11) is 0. The lowest BCUT2D eigenvalue weighted by molar-refractivity contribution is 0.0922. The summed E-state index contributed by atoms with van der Waals surface area (Å²) in [6.45, 7) is 1.90. The lowest BCUT2D eigenvalue weighted by Gasteiger charge is -2.18. The van der Waals surface area contributed by atoms with Crippen molar-refractivity contribution in [3.63, 3.8) is 0 Å². The Balaban J connectivity index is 2.26. The average molecular weight is 248 g/mol. The molecule has 94 valence electrons. The maximum atomic E-state index is 12.4. The van der Waals surface area contributed by atoms with Gasteiger partial charge in [-0.3, -0.25) is 4.79 Å². The topological polar surface area (TPSA) is 17.1 Å². The van der Waals surface area contributed by atoms with Crippen molar-refractivity contribution < 1.29 is 4.79 Å². The zero-order valence-corrected chi connectivity index (χ0v) is 10.9. The predicted molar refractivity (Wildman–Crippen MR) is 78.0 cm³/mol. The molecule has 0 aliphatic rings. The second kappa shape index (κ2) is 6.02. The maximum Gasteiger partial charge on any atom is 0.167 e. The van der Waals surface area contributed by atoms with Gasteiger partial charge in [-0.1, -0.05) is 73.5 Å². The normalized spacial score (nSPS) is 13.3. The molecule has 0 saturated heterocycles. The monoisotopic (exact) mass is 248 g/mol. The van der Waals surface area contributed by atoms with Gasteiger partial charge in [-0.2, -0.15) is 0 Å². The van der Waals surface area contributed by atoms with Gasteiger partial charge in [-0.05, 0) is 5.56 Å². The first kappa shape index (κ1) is 13.1. The number of ketones is 1. The molecular weight excluding hydrogens is 232 g/mol. The molecule has 0 aliphatic heterocycles. The summed E-state index contributed by atoms with van der Waals surface area (Å²) in [5.41, 5.74) is 1.73. The van der Waals surface area contributed by atoms with Crippen LogP contribution in [0.25, 0.3) is 0 Å². The zero-order valence-electron chi connectivity index (χ0n) is 10.9. The molecular formula is C18H16O. The van der Waals surface area contributed by atoms with E-state index in [1.807, 2.05) is 67.6 Å². The van der Waals surface area contributed by atoms with Gasteiger partial charge >= 0.3 is 0 Å². The molecule has 1 nitrogen and oxygen atoms in total. The number of benzene rings is 2. The van der Waals surface area contributed by atoms with Crippen LogP contribution in [-0.2, 0) is 0 Å². The summed E-state index contributed by atoms with van der Waals surface area (Å²) >= 11 is 0. The van der Waals surface area contributed by atoms with Crippen LogP contribution in [0.2, 0.25) is 0 Å². The molecule has 0 heterocycles. The van der Waals surface area contributed by atoms with Crippen molar-refractivity contribution in [1.29, 1.82) is 0 Å². The minimum Gasteiger partial charge on any atom is -0.294 e. The lowest BCUT2D eigenvalue weighted by Crippen LogP contribution is -2.18. The van der Waals surface area contributed by atoms with E-state index >= 15 is 0 Å². The van der Waals surface area contributed by atoms with Crippen LogP contribution in [0.5, 0.6) is 0 Å². The highest BCUT2D eigenvalue weighted by atomic mass is 16.1. The fourth-order valence-corrected chi connectivity index (χ4v) is 2.21. The summed E-state index contributed by atoms with van der Waals surface area (Å²) in [6, 6.07) is 19.1. The predicted octanol–water partition coefficient (Wildman–Crippen LogP) is 3.92. The molecule has 2 aromatic carbocycles. The van der Waals surface area contributed by atoms with Crippen LogP contribution in [0.3, 0.4) is 0 Å². The second-order valence-electron chi connectivity index (χ2n) is 4.57. The van der Waals surface area contributed by atoms with E-state index < -0.39 is 0 Å². The number of rotatable bonds is 4. The zero-order chi connectivity index (χ0) is 13.7. The summed E-state index contributed by atoms with van der Waals surface area (Å²) < 4.78 is 0. The molecule has 0 aliphatic carbocycles. The van der Waals surface area contributed by atoms with Gasteiger partial charge in [0.15, 0.2) is 5.78 Å². The van der Waals surface area contributed by atoms with Crippen LogP contribution in [0.1, 0.15) is 28.8 Å². The molecule has 0 radical (unpaired) electrons. The SMILES string of the molecule is C#C[C@@H](c1ccccc1)[C@H](C)C(=O)c1ccccc1. The summed E-state index contributed by atoms with van der Waals surface area (Å²) in [5, 5.41) is 0. The van der Waals surface area contributed by atoms with Gasteiger partial charge in [0.1, 0.15) is 0 Å². The Morgan fingerprint density at radius 2 is 1.53 bits per heavy atom. The van der Waals surface area contributed by atoms with Crippen LogP contribution >= 0.6 is 0 Å². The number of carbonyl (C=O) groups excluding carboxylic acids is 1. The highest BCUT2D eigenvalue weighted by molar-refractivity contribution is 5.98. The summed E-state index contributed by atoms with van der Waals surface area (Å²) in [5.74, 6) is 2.42. The van der Waals surface area contributed by atoms with Crippen molar-refractivity contribution in [3.05, 3.63) is 71.8 Å². The third kappa shape index (κ3) is 2.92. The first-order valence-electron chi connectivity index (χ1n) is 6.34. The van der Waals surface area contributed by atoms with E-state index in [-0.39, 0.29) is 17.6 Å². The average Bonchev–Trinajstić information content (AvgIpc) is 2.49.